The van der Waals surface area contributed by atoms with Crippen molar-refractivity contribution in [1.82, 2.24) is 0 Å². The standard InChI is InChI=1S/C3H6.BrCl/c1-3-2;1-2/h3H,1H2,2H3;. The van der Waals surface area contributed by atoms with Crippen LogP contribution in [0.25, 0.3) is 0 Å². The van der Waals surface area contributed by atoms with E-state index in [0.717, 1.165) is 0 Å². The van der Waals surface area contributed by atoms with Crippen molar-refractivity contribution in [3.05, 3.63) is 12.7 Å². The molecule has 0 atom stereocenters. The Bertz CT molecular complexity index is 14.4. The van der Waals surface area contributed by atoms with Gasteiger partial charge in [-0.2, -0.15) is 0 Å². The molecule has 0 heterocycles. The molecule has 0 spiro atoms. The molecule has 0 saturated heterocycles. The van der Waals surface area contributed by atoms with Crippen LogP contribution in [0.1, 0.15) is 6.92 Å². The number of halogens is 2. The third-order valence-electron chi connectivity index (χ3n) is 0. The van der Waals surface area contributed by atoms with Crippen LogP contribution in [0.2, 0.25) is 0 Å². The normalized spacial score (nSPS) is 3.80. The lowest BCUT2D eigenvalue weighted by atomic mass is 10.8. The molecule has 0 aliphatic carbocycles. The van der Waals surface area contributed by atoms with Crippen molar-refractivity contribution in [3.8, 4) is 0 Å². The predicted molar refractivity (Wildman–Crippen MR) is 30.7 cm³/mol. The van der Waals surface area contributed by atoms with E-state index in [9.17, 15) is 0 Å². The fourth-order valence-electron chi connectivity index (χ4n) is 0. The van der Waals surface area contributed by atoms with Crippen molar-refractivity contribution in [2.24, 2.45) is 0 Å². The first-order valence-corrected chi connectivity index (χ1v) is 3.21. The van der Waals surface area contributed by atoms with Crippen LogP contribution in [0.5, 0.6) is 0 Å². The highest BCUT2D eigenvalue weighted by Gasteiger charge is 1.15. The molecule has 0 aromatic heterocycles. The average molecular weight is 157 g/mol. The molecule has 0 unspecified atom stereocenters. The Morgan fingerprint density at radius 1 is 1.80 bits per heavy atom. The van der Waals surface area contributed by atoms with Gasteiger partial charge in [-0.05, 0) is 17.0 Å². The van der Waals surface area contributed by atoms with Crippen LogP contribution in [0.3, 0.4) is 0 Å². The SMILES string of the molecule is C=CC.ClBr. The molecule has 0 amide bonds. The van der Waals surface area contributed by atoms with Crippen LogP contribution >= 0.6 is 25.1 Å². The molecule has 5 heavy (non-hydrogen) atoms. The summed E-state index contributed by atoms with van der Waals surface area (Å²) in [6.07, 6.45) is 1.75. The summed E-state index contributed by atoms with van der Waals surface area (Å²) in [6, 6.07) is 0. The van der Waals surface area contributed by atoms with Gasteiger partial charge in [0.15, 0.2) is 0 Å². The Balaban J connectivity index is 0. The van der Waals surface area contributed by atoms with E-state index in [2.05, 4.69) is 31.7 Å². The summed E-state index contributed by atoms with van der Waals surface area (Å²) in [5.41, 5.74) is 0. The second-order valence-corrected chi connectivity index (χ2v) is 0.408. The highest BCUT2D eigenvalue weighted by atomic mass is 79.9. The van der Waals surface area contributed by atoms with Crippen molar-refractivity contribution in [2.45, 2.75) is 6.92 Å². The molecule has 0 aromatic carbocycles. The van der Waals surface area contributed by atoms with E-state index in [0.29, 0.717) is 0 Å². The molecule has 2 heteroatoms. The van der Waals surface area contributed by atoms with Gasteiger partial charge < -0.3 is 0 Å². The summed E-state index contributed by atoms with van der Waals surface area (Å²) in [6.45, 7) is 5.25. The molecule has 0 saturated carbocycles. The second kappa shape index (κ2) is 24.4. The first kappa shape index (κ1) is 9.10. The first-order chi connectivity index (χ1) is 2.41. The van der Waals surface area contributed by atoms with Gasteiger partial charge in [-0.1, -0.05) is 6.08 Å². The van der Waals surface area contributed by atoms with E-state index >= 15 is 0 Å². The van der Waals surface area contributed by atoms with Gasteiger partial charge in [0, 0.05) is 15.0 Å². The Morgan fingerprint density at radius 2 is 1.80 bits per heavy atom. The molecular weight excluding hydrogens is 151 g/mol. The second-order valence-electron chi connectivity index (χ2n) is 0.408. The van der Waals surface area contributed by atoms with Crippen molar-refractivity contribution in [3.63, 3.8) is 0 Å². The maximum atomic E-state index is 4.45. The first-order valence-electron chi connectivity index (χ1n) is 1.13. The largest absolute Gasteiger partial charge is 0.103 e. The van der Waals surface area contributed by atoms with Gasteiger partial charge in [0.2, 0.25) is 0 Å². The molecule has 0 aliphatic heterocycles. The molecule has 0 aromatic rings. The Hall–Kier alpha value is 0.510. The van der Waals surface area contributed by atoms with Gasteiger partial charge in [0.25, 0.3) is 0 Å². The lowest BCUT2D eigenvalue weighted by Gasteiger charge is -1.31. The summed E-state index contributed by atoms with van der Waals surface area (Å²) < 4.78 is 0. The van der Waals surface area contributed by atoms with E-state index in [1.54, 1.807) is 6.08 Å². The minimum absolute atomic E-state index is 1.75. The van der Waals surface area contributed by atoms with Crippen molar-refractivity contribution >= 4 is 25.1 Å². The zero-order chi connectivity index (χ0) is 4.71. The van der Waals surface area contributed by atoms with E-state index in [4.69, 9.17) is 0 Å². The Labute approximate surface area is 45.2 Å². The van der Waals surface area contributed by atoms with Crippen molar-refractivity contribution in [1.29, 1.82) is 0 Å². The van der Waals surface area contributed by atoms with Crippen LogP contribution < -0.4 is 0 Å². The third kappa shape index (κ3) is 109. The Morgan fingerprint density at radius 3 is 1.80 bits per heavy atom. The van der Waals surface area contributed by atoms with E-state index in [1.807, 2.05) is 6.92 Å². The van der Waals surface area contributed by atoms with Gasteiger partial charge in [-0.25, -0.2) is 0 Å². The zero-order valence-electron chi connectivity index (χ0n) is 3.04. The molecule has 0 radical (unpaired) electrons. The summed E-state index contributed by atoms with van der Waals surface area (Å²) in [5.74, 6) is 0. The lowest BCUT2D eigenvalue weighted by Crippen LogP contribution is -1.07. The van der Waals surface area contributed by atoms with Gasteiger partial charge in [-0.15, -0.1) is 6.58 Å². The summed E-state index contributed by atoms with van der Waals surface area (Å²) in [7, 11) is 4.45. The monoisotopic (exact) mass is 156 g/mol. The highest BCUT2D eigenvalue weighted by molar-refractivity contribution is 9.22. The van der Waals surface area contributed by atoms with E-state index in [1.165, 1.54) is 0 Å². The summed E-state index contributed by atoms with van der Waals surface area (Å²) in [5, 5.41) is 0. The molecule has 0 nitrogen and oxygen atoms in total. The van der Waals surface area contributed by atoms with Gasteiger partial charge >= 0.3 is 0 Å². The highest BCUT2D eigenvalue weighted by Crippen LogP contribution is 1.77. The van der Waals surface area contributed by atoms with E-state index < -0.39 is 0 Å². The van der Waals surface area contributed by atoms with Gasteiger partial charge in [0.05, 0.1) is 0 Å². The summed E-state index contributed by atoms with van der Waals surface area (Å²) in [4.78, 5) is 0. The fraction of sp³-hybridized carbons (Fsp3) is 0.333. The summed E-state index contributed by atoms with van der Waals surface area (Å²) >= 11 is 2.41. The maximum Gasteiger partial charge on any atom is 0.0341 e. The number of hydrogen-bond acceptors (Lipinski definition) is 0. The van der Waals surface area contributed by atoms with Gasteiger partial charge in [-0.3, -0.25) is 0 Å². The Kier molecular flexibility index (Phi) is 44.3. The van der Waals surface area contributed by atoms with Crippen LogP contribution in [-0.4, -0.2) is 0 Å². The molecule has 0 rings (SSSR count). The zero-order valence-corrected chi connectivity index (χ0v) is 5.38. The van der Waals surface area contributed by atoms with Crippen LogP contribution in [-0.2, 0) is 0 Å². The van der Waals surface area contributed by atoms with Crippen molar-refractivity contribution in [2.75, 3.05) is 0 Å². The molecule has 0 aliphatic rings. The number of allylic oxidation sites excluding steroid dienone is 1. The number of rotatable bonds is 0. The smallest absolute Gasteiger partial charge is 0.0341 e. The molecule has 0 fully saturated rings. The maximum absolute atomic E-state index is 4.45. The van der Waals surface area contributed by atoms with Gasteiger partial charge in [0.1, 0.15) is 0 Å². The minimum Gasteiger partial charge on any atom is -0.103 e. The third-order valence-corrected chi connectivity index (χ3v) is 0. The quantitative estimate of drug-likeness (QED) is 0.474. The molecular formula is C3H6BrCl. The average Bonchev–Trinajstić information content (AvgIpc) is 1.46. The minimum atomic E-state index is 1.75. The van der Waals surface area contributed by atoms with E-state index in [-0.39, 0.29) is 0 Å². The van der Waals surface area contributed by atoms with Crippen LogP contribution in [0.15, 0.2) is 12.7 Å². The predicted octanol–water partition coefficient (Wildman–Crippen LogP) is 2.73. The van der Waals surface area contributed by atoms with Crippen LogP contribution in [0, 0.1) is 0 Å². The van der Waals surface area contributed by atoms with Crippen molar-refractivity contribution < 1.29 is 0 Å². The van der Waals surface area contributed by atoms with Crippen LogP contribution in [0.4, 0.5) is 0 Å². The molecule has 32 valence electrons. The fourth-order valence-corrected chi connectivity index (χ4v) is 0. The number of hydrogen-bond donors (Lipinski definition) is 0. The molecule has 0 bridgehead atoms. The molecule has 0 N–H and O–H groups in total. The topological polar surface area (TPSA) is 0 Å². The lowest BCUT2D eigenvalue weighted by molar-refractivity contribution is 1.80.